The average Bonchev–Trinajstić information content (AvgIpc) is 2.84. The van der Waals surface area contributed by atoms with E-state index in [1.807, 2.05) is 31.8 Å². The fourth-order valence-electron chi connectivity index (χ4n) is 2.06. The Balaban J connectivity index is 2.04. The van der Waals surface area contributed by atoms with E-state index in [0.717, 1.165) is 17.7 Å². The first kappa shape index (κ1) is 14.5. The largest absolute Gasteiger partial charge is 0.493 e. The molecule has 0 aliphatic heterocycles. The van der Waals surface area contributed by atoms with Gasteiger partial charge in [-0.2, -0.15) is 5.10 Å². The molecule has 20 heavy (non-hydrogen) atoms. The number of rotatable bonds is 6. The molecule has 0 fully saturated rings. The highest BCUT2D eigenvalue weighted by Crippen LogP contribution is 2.26. The number of benzene rings is 1. The predicted molar refractivity (Wildman–Crippen MR) is 76.3 cm³/mol. The van der Waals surface area contributed by atoms with Crippen molar-refractivity contribution in [2.24, 2.45) is 7.05 Å². The molecule has 0 bridgehead atoms. The summed E-state index contributed by atoms with van der Waals surface area (Å²) in [5.74, 6) is 0.307. The van der Waals surface area contributed by atoms with Crippen LogP contribution in [0.15, 0.2) is 30.5 Å². The smallest absolute Gasteiger partial charge is 0.126 e. The zero-order valence-corrected chi connectivity index (χ0v) is 12.1. The van der Waals surface area contributed by atoms with Gasteiger partial charge in [0.1, 0.15) is 11.6 Å². The van der Waals surface area contributed by atoms with Crippen molar-refractivity contribution in [1.82, 2.24) is 15.1 Å². The molecule has 0 spiro atoms. The van der Waals surface area contributed by atoms with E-state index in [1.165, 1.54) is 12.1 Å². The number of aromatic nitrogens is 2. The van der Waals surface area contributed by atoms with E-state index >= 15 is 0 Å². The number of halogens is 1. The molecular weight excluding hydrogens is 257 g/mol. The lowest BCUT2D eigenvalue weighted by molar-refractivity contribution is 0.310. The minimum Gasteiger partial charge on any atom is -0.493 e. The van der Waals surface area contributed by atoms with Gasteiger partial charge in [-0.15, -0.1) is 0 Å². The van der Waals surface area contributed by atoms with Gasteiger partial charge in [-0.1, -0.05) is 6.07 Å². The van der Waals surface area contributed by atoms with Crippen LogP contribution in [0.4, 0.5) is 4.39 Å². The molecule has 0 saturated heterocycles. The van der Waals surface area contributed by atoms with Gasteiger partial charge in [-0.25, -0.2) is 4.39 Å². The van der Waals surface area contributed by atoms with Crippen molar-refractivity contribution in [3.8, 4) is 5.75 Å². The number of hydrogen-bond acceptors (Lipinski definition) is 3. The topological polar surface area (TPSA) is 39.1 Å². The maximum Gasteiger partial charge on any atom is 0.126 e. The van der Waals surface area contributed by atoms with Gasteiger partial charge >= 0.3 is 0 Å². The van der Waals surface area contributed by atoms with Crippen LogP contribution in [0.5, 0.6) is 5.75 Å². The van der Waals surface area contributed by atoms with Gasteiger partial charge in [0.05, 0.1) is 6.61 Å². The summed E-state index contributed by atoms with van der Waals surface area (Å²) in [5, 5.41) is 7.24. The lowest BCUT2D eigenvalue weighted by Crippen LogP contribution is -2.15. The summed E-state index contributed by atoms with van der Waals surface area (Å²) < 4.78 is 20.9. The Hall–Kier alpha value is -1.88. The molecule has 1 unspecified atom stereocenters. The van der Waals surface area contributed by atoms with Crippen molar-refractivity contribution in [1.29, 1.82) is 0 Å². The van der Waals surface area contributed by atoms with Crippen LogP contribution in [-0.4, -0.2) is 23.4 Å². The molecule has 1 heterocycles. The van der Waals surface area contributed by atoms with Crippen molar-refractivity contribution < 1.29 is 9.13 Å². The SMILES string of the molecule is CNC(C)c1ccc(F)cc1OCCc1ccnn1C. The minimum atomic E-state index is -0.285. The summed E-state index contributed by atoms with van der Waals surface area (Å²) in [6.07, 6.45) is 2.49. The summed E-state index contributed by atoms with van der Waals surface area (Å²) in [6, 6.07) is 6.72. The molecule has 1 aromatic carbocycles. The molecule has 1 N–H and O–H groups in total. The maximum atomic E-state index is 13.4. The summed E-state index contributed by atoms with van der Waals surface area (Å²) in [6.45, 7) is 2.51. The molecule has 0 radical (unpaired) electrons. The van der Waals surface area contributed by atoms with Crippen LogP contribution in [-0.2, 0) is 13.5 Å². The third-order valence-electron chi connectivity index (χ3n) is 3.41. The Morgan fingerprint density at radius 3 is 2.85 bits per heavy atom. The highest BCUT2D eigenvalue weighted by molar-refractivity contribution is 5.36. The van der Waals surface area contributed by atoms with E-state index in [2.05, 4.69) is 10.4 Å². The van der Waals surface area contributed by atoms with Gasteiger partial charge in [0, 0.05) is 43.0 Å². The van der Waals surface area contributed by atoms with Crippen molar-refractivity contribution in [2.75, 3.05) is 13.7 Å². The Kier molecular flexibility index (Phi) is 4.74. The molecule has 0 saturated carbocycles. The second kappa shape index (κ2) is 6.52. The third-order valence-corrected chi connectivity index (χ3v) is 3.41. The summed E-state index contributed by atoms with van der Waals surface area (Å²) in [7, 11) is 3.76. The van der Waals surface area contributed by atoms with Gasteiger partial charge in [0.15, 0.2) is 0 Å². The third kappa shape index (κ3) is 3.36. The monoisotopic (exact) mass is 277 g/mol. The van der Waals surface area contributed by atoms with E-state index in [1.54, 1.807) is 12.3 Å². The van der Waals surface area contributed by atoms with Gasteiger partial charge in [0.25, 0.3) is 0 Å². The lowest BCUT2D eigenvalue weighted by Gasteiger charge is -2.16. The van der Waals surface area contributed by atoms with E-state index in [4.69, 9.17) is 4.74 Å². The van der Waals surface area contributed by atoms with E-state index < -0.39 is 0 Å². The normalized spacial score (nSPS) is 12.4. The van der Waals surface area contributed by atoms with E-state index in [-0.39, 0.29) is 11.9 Å². The second-order valence-corrected chi connectivity index (χ2v) is 4.74. The van der Waals surface area contributed by atoms with Gasteiger partial charge in [-0.05, 0) is 26.1 Å². The van der Waals surface area contributed by atoms with Crippen molar-refractivity contribution in [3.05, 3.63) is 47.5 Å². The molecule has 1 atom stereocenters. The van der Waals surface area contributed by atoms with Crippen LogP contribution >= 0.6 is 0 Å². The summed E-state index contributed by atoms with van der Waals surface area (Å²) >= 11 is 0. The summed E-state index contributed by atoms with van der Waals surface area (Å²) in [5.41, 5.74) is 2.04. The quantitative estimate of drug-likeness (QED) is 0.881. The molecule has 4 nitrogen and oxygen atoms in total. The molecule has 0 aliphatic rings. The minimum absolute atomic E-state index is 0.113. The number of hydrogen-bond donors (Lipinski definition) is 1. The van der Waals surface area contributed by atoms with Crippen LogP contribution in [0.2, 0.25) is 0 Å². The Morgan fingerprint density at radius 2 is 2.20 bits per heavy atom. The van der Waals surface area contributed by atoms with Gasteiger partial charge in [0.2, 0.25) is 0 Å². The van der Waals surface area contributed by atoms with Crippen LogP contribution < -0.4 is 10.1 Å². The molecule has 2 rings (SSSR count). The fraction of sp³-hybridized carbons (Fsp3) is 0.400. The second-order valence-electron chi connectivity index (χ2n) is 4.74. The number of aryl methyl sites for hydroxylation is 1. The van der Waals surface area contributed by atoms with E-state index in [9.17, 15) is 4.39 Å². The molecule has 5 heteroatoms. The number of nitrogens with one attached hydrogen (secondary N) is 1. The van der Waals surface area contributed by atoms with Crippen molar-refractivity contribution >= 4 is 0 Å². The number of nitrogens with zero attached hydrogens (tertiary/aromatic N) is 2. The highest BCUT2D eigenvalue weighted by Gasteiger charge is 2.11. The number of ether oxygens (including phenoxy) is 1. The predicted octanol–water partition coefficient (Wildman–Crippen LogP) is 2.46. The molecule has 0 amide bonds. The van der Waals surface area contributed by atoms with Gasteiger partial charge in [-0.3, -0.25) is 4.68 Å². The Labute approximate surface area is 118 Å². The first-order valence-electron chi connectivity index (χ1n) is 6.68. The first-order chi connectivity index (χ1) is 9.61. The zero-order chi connectivity index (χ0) is 14.5. The molecule has 108 valence electrons. The standard InChI is InChI=1S/C15H20FN3O/c1-11(17-2)14-5-4-12(16)10-15(14)20-9-7-13-6-8-18-19(13)3/h4-6,8,10-11,17H,7,9H2,1-3H3. The van der Waals surface area contributed by atoms with Crippen LogP contribution in [0.25, 0.3) is 0 Å². The van der Waals surface area contributed by atoms with Crippen LogP contribution in [0.3, 0.4) is 0 Å². The first-order valence-corrected chi connectivity index (χ1v) is 6.68. The maximum absolute atomic E-state index is 13.4. The average molecular weight is 277 g/mol. The van der Waals surface area contributed by atoms with Crippen molar-refractivity contribution in [2.45, 2.75) is 19.4 Å². The van der Waals surface area contributed by atoms with Crippen LogP contribution in [0.1, 0.15) is 24.2 Å². The molecule has 2 aromatic rings. The molecule has 1 aromatic heterocycles. The summed E-state index contributed by atoms with van der Waals surface area (Å²) in [4.78, 5) is 0. The fourth-order valence-corrected chi connectivity index (χ4v) is 2.06. The lowest BCUT2D eigenvalue weighted by atomic mass is 10.1. The Bertz CT molecular complexity index is 568. The zero-order valence-electron chi connectivity index (χ0n) is 12.1. The molecule has 0 aliphatic carbocycles. The van der Waals surface area contributed by atoms with Gasteiger partial charge < -0.3 is 10.1 Å². The Morgan fingerprint density at radius 1 is 1.40 bits per heavy atom. The van der Waals surface area contributed by atoms with Crippen molar-refractivity contribution in [3.63, 3.8) is 0 Å². The molecular formula is C15H20FN3O. The highest BCUT2D eigenvalue weighted by atomic mass is 19.1. The van der Waals surface area contributed by atoms with E-state index in [0.29, 0.717) is 12.4 Å². The van der Waals surface area contributed by atoms with Crippen LogP contribution in [0, 0.1) is 5.82 Å².